The molecule has 2 N–H and O–H groups in total. The van der Waals surface area contributed by atoms with E-state index in [1.165, 1.54) is 17.4 Å². The summed E-state index contributed by atoms with van der Waals surface area (Å²) < 4.78 is 0. The number of nitrogens with two attached hydrogens (primary N) is 1. The Hall–Kier alpha value is -1.65. The standard InChI is InChI=1S/C17H24N4/c1-14-13-15-5-2-3-6-16(15)19-17(14)21-9-4-8-20(10-7-18)11-12-21/h2-3,5-6,13H,4,7-12,18H2,1H3. The third-order valence-corrected chi connectivity index (χ3v) is 4.22. The molecule has 2 heterocycles. The quantitative estimate of drug-likeness (QED) is 0.936. The Morgan fingerprint density at radius 2 is 2.00 bits per heavy atom. The fourth-order valence-electron chi connectivity index (χ4n) is 3.12. The monoisotopic (exact) mass is 284 g/mol. The van der Waals surface area contributed by atoms with Gasteiger partial charge in [0.05, 0.1) is 5.52 Å². The molecule has 1 aliphatic rings. The van der Waals surface area contributed by atoms with Crippen LogP contribution < -0.4 is 10.6 Å². The van der Waals surface area contributed by atoms with Gasteiger partial charge in [-0.2, -0.15) is 0 Å². The Balaban J connectivity index is 1.84. The molecule has 0 bridgehead atoms. The summed E-state index contributed by atoms with van der Waals surface area (Å²) in [5.41, 5.74) is 8.02. The lowest BCUT2D eigenvalue weighted by atomic mass is 10.1. The van der Waals surface area contributed by atoms with E-state index in [1.807, 2.05) is 0 Å². The second-order valence-corrected chi connectivity index (χ2v) is 5.79. The van der Waals surface area contributed by atoms with Gasteiger partial charge in [-0.25, -0.2) is 4.98 Å². The first-order chi connectivity index (χ1) is 10.3. The third-order valence-electron chi connectivity index (χ3n) is 4.22. The van der Waals surface area contributed by atoms with Crippen molar-refractivity contribution in [2.45, 2.75) is 13.3 Å². The molecule has 4 heteroatoms. The van der Waals surface area contributed by atoms with Gasteiger partial charge in [0.2, 0.25) is 0 Å². The van der Waals surface area contributed by atoms with Crippen LogP contribution in [0.15, 0.2) is 30.3 Å². The molecule has 1 aromatic heterocycles. The second kappa shape index (κ2) is 6.41. The first-order valence-electron chi connectivity index (χ1n) is 7.81. The smallest absolute Gasteiger partial charge is 0.132 e. The molecular weight excluding hydrogens is 260 g/mol. The number of hydrogen-bond acceptors (Lipinski definition) is 4. The zero-order valence-electron chi connectivity index (χ0n) is 12.8. The summed E-state index contributed by atoms with van der Waals surface area (Å²) in [6.45, 7) is 8.23. The van der Waals surface area contributed by atoms with Gasteiger partial charge in [0.15, 0.2) is 0 Å². The van der Waals surface area contributed by atoms with Crippen molar-refractivity contribution in [1.29, 1.82) is 0 Å². The summed E-state index contributed by atoms with van der Waals surface area (Å²) in [5.74, 6) is 1.14. The molecule has 21 heavy (non-hydrogen) atoms. The number of benzene rings is 1. The number of rotatable bonds is 3. The van der Waals surface area contributed by atoms with Crippen LogP contribution in [0.2, 0.25) is 0 Å². The number of anilines is 1. The SMILES string of the molecule is Cc1cc2ccccc2nc1N1CCCN(CCN)CC1. The van der Waals surface area contributed by atoms with Gasteiger partial charge in [0.25, 0.3) is 0 Å². The van der Waals surface area contributed by atoms with E-state index < -0.39 is 0 Å². The Labute approximate surface area is 126 Å². The lowest BCUT2D eigenvalue weighted by Gasteiger charge is -2.24. The van der Waals surface area contributed by atoms with E-state index in [2.05, 4.69) is 47.1 Å². The molecule has 0 spiro atoms. The minimum Gasteiger partial charge on any atom is -0.355 e. The minimum atomic E-state index is 0.743. The molecule has 0 atom stereocenters. The fourth-order valence-corrected chi connectivity index (χ4v) is 3.12. The van der Waals surface area contributed by atoms with Crippen LogP contribution in [-0.4, -0.2) is 49.2 Å². The number of pyridine rings is 1. The second-order valence-electron chi connectivity index (χ2n) is 5.79. The van der Waals surface area contributed by atoms with E-state index in [0.29, 0.717) is 0 Å². The average Bonchev–Trinajstić information content (AvgIpc) is 2.73. The molecule has 1 saturated heterocycles. The maximum atomic E-state index is 5.67. The Kier molecular flexibility index (Phi) is 4.36. The van der Waals surface area contributed by atoms with Gasteiger partial charge in [0, 0.05) is 38.1 Å². The highest BCUT2D eigenvalue weighted by Crippen LogP contribution is 2.23. The minimum absolute atomic E-state index is 0.743. The van der Waals surface area contributed by atoms with Crippen molar-refractivity contribution in [1.82, 2.24) is 9.88 Å². The number of nitrogens with zero attached hydrogens (tertiary/aromatic N) is 3. The highest BCUT2D eigenvalue weighted by molar-refractivity contribution is 5.81. The van der Waals surface area contributed by atoms with Crippen LogP contribution in [0.5, 0.6) is 0 Å². The highest BCUT2D eigenvalue weighted by atomic mass is 15.2. The van der Waals surface area contributed by atoms with E-state index in [9.17, 15) is 0 Å². The summed E-state index contributed by atoms with van der Waals surface area (Å²) in [7, 11) is 0. The lowest BCUT2D eigenvalue weighted by molar-refractivity contribution is 0.302. The molecule has 1 aliphatic heterocycles. The van der Waals surface area contributed by atoms with Crippen molar-refractivity contribution in [2.75, 3.05) is 44.2 Å². The summed E-state index contributed by atoms with van der Waals surface area (Å²) >= 11 is 0. The van der Waals surface area contributed by atoms with Crippen LogP contribution in [0.25, 0.3) is 10.9 Å². The van der Waals surface area contributed by atoms with Crippen LogP contribution >= 0.6 is 0 Å². The van der Waals surface area contributed by atoms with E-state index in [1.54, 1.807) is 0 Å². The molecule has 4 nitrogen and oxygen atoms in total. The van der Waals surface area contributed by atoms with Crippen molar-refractivity contribution in [3.63, 3.8) is 0 Å². The number of aryl methyl sites for hydroxylation is 1. The van der Waals surface area contributed by atoms with E-state index >= 15 is 0 Å². The van der Waals surface area contributed by atoms with E-state index in [0.717, 1.165) is 50.6 Å². The van der Waals surface area contributed by atoms with Gasteiger partial charge in [0.1, 0.15) is 5.82 Å². The molecular formula is C17H24N4. The molecule has 0 aliphatic carbocycles. The Morgan fingerprint density at radius 1 is 1.14 bits per heavy atom. The van der Waals surface area contributed by atoms with Crippen LogP contribution in [0.1, 0.15) is 12.0 Å². The number of hydrogen-bond donors (Lipinski definition) is 1. The fraction of sp³-hybridized carbons (Fsp3) is 0.471. The van der Waals surface area contributed by atoms with Crippen molar-refractivity contribution in [3.8, 4) is 0 Å². The van der Waals surface area contributed by atoms with Gasteiger partial charge in [-0.3, -0.25) is 0 Å². The summed E-state index contributed by atoms with van der Waals surface area (Å²) in [5, 5.41) is 1.22. The van der Waals surface area contributed by atoms with Crippen molar-refractivity contribution >= 4 is 16.7 Å². The number of para-hydroxylation sites is 1. The third kappa shape index (κ3) is 3.17. The summed E-state index contributed by atoms with van der Waals surface area (Å²) in [6, 6.07) is 10.6. The van der Waals surface area contributed by atoms with E-state index in [4.69, 9.17) is 10.7 Å². The molecule has 3 rings (SSSR count). The Morgan fingerprint density at radius 3 is 2.86 bits per heavy atom. The van der Waals surface area contributed by atoms with Gasteiger partial charge in [-0.15, -0.1) is 0 Å². The maximum Gasteiger partial charge on any atom is 0.132 e. The number of aromatic nitrogens is 1. The first-order valence-corrected chi connectivity index (χ1v) is 7.81. The Bertz CT molecular complexity index is 611. The zero-order valence-corrected chi connectivity index (χ0v) is 12.8. The molecule has 1 fully saturated rings. The topological polar surface area (TPSA) is 45.4 Å². The lowest BCUT2D eigenvalue weighted by Crippen LogP contribution is -2.34. The van der Waals surface area contributed by atoms with Crippen molar-refractivity contribution < 1.29 is 0 Å². The van der Waals surface area contributed by atoms with Crippen LogP contribution in [0.3, 0.4) is 0 Å². The van der Waals surface area contributed by atoms with Gasteiger partial charge >= 0.3 is 0 Å². The summed E-state index contributed by atoms with van der Waals surface area (Å²) in [4.78, 5) is 9.78. The van der Waals surface area contributed by atoms with Crippen molar-refractivity contribution in [2.24, 2.45) is 5.73 Å². The van der Waals surface area contributed by atoms with Gasteiger partial charge < -0.3 is 15.5 Å². The summed E-state index contributed by atoms with van der Waals surface area (Å²) in [6.07, 6.45) is 1.17. The molecule has 0 amide bonds. The van der Waals surface area contributed by atoms with Crippen LogP contribution in [-0.2, 0) is 0 Å². The molecule has 0 unspecified atom stereocenters. The van der Waals surface area contributed by atoms with E-state index in [-0.39, 0.29) is 0 Å². The first kappa shape index (κ1) is 14.3. The molecule has 112 valence electrons. The zero-order chi connectivity index (χ0) is 14.7. The van der Waals surface area contributed by atoms with Gasteiger partial charge in [-0.1, -0.05) is 18.2 Å². The van der Waals surface area contributed by atoms with Gasteiger partial charge in [-0.05, 0) is 37.6 Å². The predicted octanol–water partition coefficient (Wildman–Crippen LogP) is 2.01. The molecule has 1 aromatic carbocycles. The molecule has 2 aromatic rings. The molecule has 0 radical (unpaired) electrons. The predicted molar refractivity (Wildman–Crippen MR) is 88.8 cm³/mol. The van der Waals surface area contributed by atoms with Crippen molar-refractivity contribution in [3.05, 3.63) is 35.9 Å². The maximum absolute atomic E-state index is 5.67. The average molecular weight is 284 g/mol. The van der Waals surface area contributed by atoms with Crippen LogP contribution in [0, 0.1) is 6.92 Å². The van der Waals surface area contributed by atoms with Crippen LogP contribution in [0.4, 0.5) is 5.82 Å². The largest absolute Gasteiger partial charge is 0.355 e. The number of fused-ring (bicyclic) bond motifs is 1. The highest BCUT2D eigenvalue weighted by Gasteiger charge is 2.17. The molecule has 0 saturated carbocycles. The normalized spacial score (nSPS) is 17.1.